The second-order valence-electron chi connectivity index (χ2n) is 25.0. The lowest BCUT2D eigenvalue weighted by molar-refractivity contribution is -0.143. The normalized spacial score (nSPS) is 16.2. The number of aromatic hydroxyl groups is 1. The number of aliphatic carboxylic acids is 1. The first kappa shape index (κ1) is 81.2. The van der Waals surface area contributed by atoms with Crippen LogP contribution in [-0.2, 0) is 72.0 Å². The van der Waals surface area contributed by atoms with Crippen molar-refractivity contribution in [3.05, 3.63) is 102 Å². The van der Waals surface area contributed by atoms with Gasteiger partial charge in [-0.15, -0.1) is 0 Å². The van der Waals surface area contributed by atoms with Gasteiger partial charge in [-0.2, -0.15) is 11.8 Å². The van der Waals surface area contributed by atoms with Crippen molar-refractivity contribution in [3.63, 3.8) is 0 Å². The number of hydrogen-bond donors (Lipinski definition) is 16. The first-order valence-electron chi connectivity index (χ1n) is 33.5. The van der Waals surface area contributed by atoms with Gasteiger partial charge in [0.25, 0.3) is 0 Å². The topological polar surface area (TPSA) is 464 Å². The Morgan fingerprint density at radius 1 is 0.505 bits per heavy atom. The van der Waals surface area contributed by atoms with Gasteiger partial charge in [0.2, 0.25) is 59.1 Å². The second-order valence-corrected chi connectivity index (χ2v) is 26.0. The maximum absolute atomic E-state index is 15.1. The third-order valence-electron chi connectivity index (χ3n) is 16.5. The number of nitrogens with one attached hydrogen (secondary N) is 9. The molecule has 0 aliphatic carbocycles. The van der Waals surface area contributed by atoms with E-state index in [4.69, 9.17) is 22.9 Å². The standard InChI is InChI=1S/C68H104N14O14S/c1-41(2)37-48(72)58(85)81-57(43(4)83)66(93)80-55(39-45-21-10-7-11-22-45)62(89)75-50(24-13-16-33-70)61(88)78-53(38-44-19-8-6-9-20-44)64(91)79-54(40-46-27-29-47(84)30-28-46)63(90)77-52(31-36-97-5)67(94)82-35-18-26-56(82)65(92)76-51(25-14-17-34-71)60(87)74-49(23-12-15-32-69)59(86)73-42(3)68(95)96/h6-11,19-22,27-30,41-43,48-57,83-84H,12-18,23-26,31-40,69-72H2,1-5H3,(H,73,86)(H,74,87)(H,75,89)(H,76,92)(H,77,90)(H,78,88)(H,79,91)(H,80,93)(H,81,85)(H,95,96)/t42-,43+,48-,49-,50+,51-,52+,53+,54+,55+,56+,57+/m0/s1. The lowest BCUT2D eigenvalue weighted by Crippen LogP contribution is -2.62. The van der Waals surface area contributed by atoms with E-state index in [9.17, 15) is 58.5 Å². The average Bonchev–Trinajstić information content (AvgIpc) is 1.80. The molecule has 1 aliphatic rings. The molecule has 0 radical (unpaired) electrons. The van der Waals surface area contributed by atoms with Crippen LogP contribution in [0.2, 0.25) is 0 Å². The van der Waals surface area contributed by atoms with E-state index in [0.29, 0.717) is 80.4 Å². The summed E-state index contributed by atoms with van der Waals surface area (Å²) < 4.78 is 0. The number of benzene rings is 3. The van der Waals surface area contributed by atoms with Crippen molar-refractivity contribution in [2.45, 2.75) is 203 Å². The third kappa shape index (κ3) is 28.4. The quantitative estimate of drug-likeness (QED) is 0.0325. The van der Waals surface area contributed by atoms with E-state index in [2.05, 4.69) is 47.9 Å². The fourth-order valence-electron chi connectivity index (χ4n) is 11.0. The highest BCUT2D eigenvalue weighted by Gasteiger charge is 2.41. The summed E-state index contributed by atoms with van der Waals surface area (Å²) in [5, 5.41) is 54.8. The Hall–Kier alpha value is -8.22. The molecule has 0 bridgehead atoms. The number of phenolic OH excluding ortho intramolecular Hbond substituents is 1. The monoisotopic (exact) mass is 1370 g/mol. The fraction of sp³-hybridized carbons (Fsp3) is 0.574. The predicted octanol–water partition coefficient (Wildman–Crippen LogP) is -0.227. The van der Waals surface area contributed by atoms with E-state index in [1.54, 1.807) is 79.1 Å². The van der Waals surface area contributed by atoms with Crippen molar-refractivity contribution < 1.29 is 68.1 Å². The smallest absolute Gasteiger partial charge is 0.325 e. The van der Waals surface area contributed by atoms with Crippen LogP contribution in [0.5, 0.6) is 5.75 Å². The van der Waals surface area contributed by atoms with Crippen molar-refractivity contribution in [1.82, 2.24) is 52.8 Å². The zero-order chi connectivity index (χ0) is 71.6. The molecular weight excluding hydrogens is 1270 g/mol. The number of carboxylic acid groups (broad SMARTS) is 1. The number of aliphatic hydroxyl groups excluding tert-OH is 1. The number of aliphatic hydroxyl groups is 1. The number of unbranched alkanes of at least 4 members (excludes halogenated alkanes) is 3. The highest BCUT2D eigenvalue weighted by molar-refractivity contribution is 7.98. The molecule has 29 heteroatoms. The summed E-state index contributed by atoms with van der Waals surface area (Å²) in [6.45, 7) is 7.24. The van der Waals surface area contributed by atoms with Gasteiger partial charge in [-0.1, -0.05) is 86.6 Å². The minimum absolute atomic E-state index is 0.00955. The molecule has 3 aromatic carbocycles. The molecule has 0 aromatic heterocycles. The van der Waals surface area contributed by atoms with Crippen LogP contribution >= 0.6 is 11.8 Å². The molecule has 1 aliphatic heterocycles. The van der Waals surface area contributed by atoms with Gasteiger partial charge in [-0.3, -0.25) is 52.7 Å². The lowest BCUT2D eigenvalue weighted by Gasteiger charge is -2.31. The van der Waals surface area contributed by atoms with Gasteiger partial charge in [0.15, 0.2) is 0 Å². The number of nitrogens with two attached hydrogens (primary N) is 4. The SMILES string of the molecule is CSCC[C@@H](NC(=O)[C@@H](Cc1ccc(O)cc1)NC(=O)[C@@H](Cc1ccccc1)NC(=O)[C@@H](CCCCN)NC(=O)[C@@H](Cc1ccccc1)NC(=O)[C@H](NC(=O)[C@@H](N)CC(C)C)[C@@H](C)O)C(=O)N1CCC[C@@H]1C(=O)N[C@@H](CCCCN)C(=O)N[C@@H](CCCCN)C(=O)N[C@@H](C)C(=O)O. The van der Waals surface area contributed by atoms with Gasteiger partial charge in [0, 0.05) is 25.8 Å². The molecular formula is C68H104N14O14S. The molecule has 10 amide bonds. The van der Waals surface area contributed by atoms with Crippen LogP contribution in [0.4, 0.5) is 0 Å². The number of carboxylic acids is 1. The fourth-order valence-corrected chi connectivity index (χ4v) is 11.5. The van der Waals surface area contributed by atoms with Crippen LogP contribution in [0, 0.1) is 5.92 Å². The van der Waals surface area contributed by atoms with Gasteiger partial charge in [-0.05, 0) is 164 Å². The average molecular weight is 1370 g/mol. The molecule has 12 atom stereocenters. The minimum Gasteiger partial charge on any atom is -0.508 e. The summed E-state index contributed by atoms with van der Waals surface area (Å²) >= 11 is 1.39. The Morgan fingerprint density at radius 2 is 0.907 bits per heavy atom. The van der Waals surface area contributed by atoms with E-state index >= 15 is 9.59 Å². The third-order valence-corrected chi connectivity index (χ3v) is 17.1. The van der Waals surface area contributed by atoms with Gasteiger partial charge >= 0.3 is 5.97 Å². The molecule has 1 heterocycles. The predicted molar refractivity (Wildman–Crippen MR) is 368 cm³/mol. The molecule has 1 fully saturated rings. The number of rotatable bonds is 44. The molecule has 97 heavy (non-hydrogen) atoms. The zero-order valence-corrected chi connectivity index (χ0v) is 57.3. The Balaban J connectivity index is 1.67. The summed E-state index contributed by atoms with van der Waals surface area (Å²) in [5.74, 6) is -8.62. The molecule has 20 N–H and O–H groups in total. The van der Waals surface area contributed by atoms with Crippen LogP contribution < -0.4 is 70.8 Å². The lowest BCUT2D eigenvalue weighted by atomic mass is 10.0. The molecule has 0 saturated carbocycles. The van der Waals surface area contributed by atoms with E-state index in [0.717, 1.165) is 0 Å². The molecule has 536 valence electrons. The van der Waals surface area contributed by atoms with Crippen molar-refractivity contribution >= 4 is 76.8 Å². The summed E-state index contributed by atoms with van der Waals surface area (Å²) in [6, 6.07) is 9.04. The highest BCUT2D eigenvalue weighted by atomic mass is 32.2. The molecule has 1 saturated heterocycles. The van der Waals surface area contributed by atoms with Crippen molar-refractivity contribution in [2.75, 3.05) is 38.2 Å². The van der Waals surface area contributed by atoms with Gasteiger partial charge in [-0.25, -0.2) is 0 Å². The van der Waals surface area contributed by atoms with Crippen molar-refractivity contribution in [2.24, 2.45) is 28.9 Å². The van der Waals surface area contributed by atoms with Crippen LogP contribution in [-0.4, -0.2) is 196 Å². The number of amides is 10. The molecule has 0 spiro atoms. The Bertz CT molecular complexity index is 3010. The van der Waals surface area contributed by atoms with Crippen molar-refractivity contribution in [1.29, 1.82) is 0 Å². The van der Waals surface area contributed by atoms with E-state index in [1.165, 1.54) is 42.6 Å². The molecule has 4 rings (SSSR count). The van der Waals surface area contributed by atoms with Crippen molar-refractivity contribution in [3.8, 4) is 5.75 Å². The maximum Gasteiger partial charge on any atom is 0.325 e. The number of likely N-dealkylation sites (tertiary alicyclic amines) is 1. The van der Waals surface area contributed by atoms with Crippen LogP contribution in [0.1, 0.15) is 128 Å². The second kappa shape index (κ2) is 43.1. The van der Waals surface area contributed by atoms with Gasteiger partial charge < -0.3 is 91.0 Å². The van der Waals surface area contributed by atoms with Gasteiger partial charge in [0.1, 0.15) is 66.2 Å². The summed E-state index contributed by atoms with van der Waals surface area (Å²) in [7, 11) is 0. The number of nitrogens with zero attached hydrogens (tertiary/aromatic N) is 1. The minimum atomic E-state index is -1.53. The Morgan fingerprint density at radius 3 is 1.33 bits per heavy atom. The maximum atomic E-state index is 15.1. The molecule has 0 unspecified atom stereocenters. The van der Waals surface area contributed by atoms with Gasteiger partial charge in [0.05, 0.1) is 12.1 Å². The number of carbonyl (C=O) groups excluding carboxylic acids is 10. The van der Waals surface area contributed by atoms with E-state index < -0.39 is 138 Å². The summed E-state index contributed by atoms with van der Waals surface area (Å²) in [5.41, 5.74) is 25.2. The van der Waals surface area contributed by atoms with E-state index in [-0.39, 0.29) is 82.7 Å². The number of phenols is 1. The highest BCUT2D eigenvalue weighted by Crippen LogP contribution is 2.22. The Kier molecular flexibility index (Phi) is 36.1. The Labute approximate surface area is 572 Å². The number of carbonyl (C=O) groups is 11. The number of thioether (sulfide) groups is 1. The van der Waals surface area contributed by atoms with Crippen LogP contribution in [0.15, 0.2) is 84.9 Å². The number of hydrogen-bond acceptors (Lipinski definition) is 18. The first-order chi connectivity index (χ1) is 46.3. The molecule has 3 aromatic rings. The molecule has 28 nitrogen and oxygen atoms in total. The largest absolute Gasteiger partial charge is 0.508 e. The summed E-state index contributed by atoms with van der Waals surface area (Å²) in [6.07, 6.45) is 3.67. The first-order valence-corrected chi connectivity index (χ1v) is 34.8. The van der Waals surface area contributed by atoms with E-state index in [1.807, 2.05) is 13.8 Å². The van der Waals surface area contributed by atoms with Crippen LogP contribution in [0.3, 0.4) is 0 Å². The van der Waals surface area contributed by atoms with Crippen LogP contribution in [0.25, 0.3) is 0 Å². The zero-order valence-electron chi connectivity index (χ0n) is 56.4. The summed E-state index contributed by atoms with van der Waals surface area (Å²) in [4.78, 5) is 156.